The summed E-state index contributed by atoms with van der Waals surface area (Å²) in [5.74, 6) is 0.197. The van der Waals surface area contributed by atoms with Crippen LogP contribution in [0.5, 0.6) is 0 Å². The van der Waals surface area contributed by atoms with Crippen molar-refractivity contribution in [2.24, 2.45) is 0 Å². The maximum atomic E-state index is 13.6. The number of rotatable bonds is 5. The first kappa shape index (κ1) is 21.3. The minimum absolute atomic E-state index is 0.0230. The summed E-state index contributed by atoms with van der Waals surface area (Å²) in [5.41, 5.74) is 6.31. The van der Waals surface area contributed by atoms with Crippen LogP contribution >= 0.6 is 0 Å². The van der Waals surface area contributed by atoms with E-state index in [0.29, 0.717) is 5.92 Å². The number of nitrogens with zero attached hydrogens (tertiary/aromatic N) is 1. The zero-order valence-corrected chi connectivity index (χ0v) is 18.6. The Kier molecular flexibility index (Phi) is 6.35. The van der Waals surface area contributed by atoms with E-state index in [1.165, 1.54) is 22.3 Å². The van der Waals surface area contributed by atoms with Gasteiger partial charge in [0.05, 0.1) is 12.7 Å². The molecule has 3 atom stereocenters. The van der Waals surface area contributed by atoms with Gasteiger partial charge in [0.2, 0.25) is 0 Å². The van der Waals surface area contributed by atoms with Crippen molar-refractivity contribution in [2.75, 3.05) is 32.8 Å². The molecule has 166 valence electrons. The van der Waals surface area contributed by atoms with Crippen LogP contribution in [-0.2, 0) is 4.74 Å². The minimum atomic E-state index is -0.187. The molecule has 5 rings (SSSR count). The molecule has 2 heterocycles. The van der Waals surface area contributed by atoms with E-state index in [1.807, 2.05) is 12.1 Å². The van der Waals surface area contributed by atoms with Crippen LogP contribution in [0.3, 0.4) is 0 Å². The fourth-order valence-corrected chi connectivity index (χ4v) is 5.13. The Morgan fingerprint density at radius 3 is 2.44 bits per heavy atom. The van der Waals surface area contributed by atoms with Gasteiger partial charge < -0.3 is 10.1 Å². The topological polar surface area (TPSA) is 24.5 Å². The zero-order chi connectivity index (χ0) is 21.9. The van der Waals surface area contributed by atoms with E-state index in [4.69, 9.17) is 4.74 Å². The predicted octanol–water partition coefficient (Wildman–Crippen LogP) is 5.70. The van der Waals surface area contributed by atoms with Gasteiger partial charge in [-0.2, -0.15) is 0 Å². The summed E-state index contributed by atoms with van der Waals surface area (Å²) in [6, 6.07) is 24.6. The first-order valence-electron chi connectivity index (χ1n) is 11.7. The molecule has 4 heteroatoms. The molecule has 0 aromatic heterocycles. The lowest BCUT2D eigenvalue weighted by atomic mass is 9.85. The van der Waals surface area contributed by atoms with E-state index >= 15 is 0 Å². The van der Waals surface area contributed by atoms with Crippen molar-refractivity contribution in [3.05, 3.63) is 95.3 Å². The number of fused-ring (bicyclic) bond motifs is 1. The quantitative estimate of drug-likeness (QED) is 0.562. The van der Waals surface area contributed by atoms with Crippen LogP contribution in [0.1, 0.15) is 48.1 Å². The van der Waals surface area contributed by atoms with E-state index in [0.717, 1.165) is 44.8 Å². The maximum absolute atomic E-state index is 13.6. The minimum Gasteiger partial charge on any atom is -0.373 e. The maximum Gasteiger partial charge on any atom is 0.123 e. The molecule has 1 saturated heterocycles. The highest BCUT2D eigenvalue weighted by Gasteiger charge is 2.31. The van der Waals surface area contributed by atoms with E-state index in [2.05, 4.69) is 65.7 Å². The first-order valence-corrected chi connectivity index (χ1v) is 11.7. The molecule has 0 amide bonds. The summed E-state index contributed by atoms with van der Waals surface area (Å²) in [5, 5.41) is 3.45. The summed E-state index contributed by atoms with van der Waals surface area (Å²) in [6.45, 7) is 6.92. The highest BCUT2D eigenvalue weighted by atomic mass is 19.1. The van der Waals surface area contributed by atoms with Crippen LogP contribution in [0.2, 0.25) is 0 Å². The van der Waals surface area contributed by atoms with E-state index in [9.17, 15) is 4.39 Å². The van der Waals surface area contributed by atoms with Gasteiger partial charge in [0.1, 0.15) is 5.82 Å². The van der Waals surface area contributed by atoms with Crippen LogP contribution < -0.4 is 5.32 Å². The molecule has 1 N–H and O–H groups in total. The highest BCUT2D eigenvalue weighted by Crippen LogP contribution is 2.42. The number of ether oxygens (including phenoxy) is 1. The standard InChI is InChI=1S/C28H31FN2O/c1-20-19-32-28(26-17-23(9-12-25(20)26)21-5-3-2-4-6-21)18-27(31-15-13-30-14-16-31)22-7-10-24(29)11-8-22/h2-12,17,20,27-28,30H,13-16,18-19H2,1H3. The third-order valence-electron chi connectivity index (χ3n) is 6.90. The molecular weight excluding hydrogens is 399 g/mol. The van der Waals surface area contributed by atoms with Gasteiger partial charge in [0.15, 0.2) is 0 Å². The summed E-state index contributed by atoms with van der Waals surface area (Å²) >= 11 is 0. The average Bonchev–Trinajstić information content (AvgIpc) is 2.85. The van der Waals surface area contributed by atoms with Crippen LogP contribution in [0.25, 0.3) is 11.1 Å². The summed E-state index contributed by atoms with van der Waals surface area (Å²) in [6.07, 6.45) is 0.888. The van der Waals surface area contributed by atoms with Crippen molar-refractivity contribution in [3.63, 3.8) is 0 Å². The molecule has 0 radical (unpaired) electrons. The summed E-state index contributed by atoms with van der Waals surface area (Å²) in [7, 11) is 0. The lowest BCUT2D eigenvalue weighted by Crippen LogP contribution is -2.45. The number of benzene rings is 3. The molecule has 0 bridgehead atoms. The fraction of sp³-hybridized carbons (Fsp3) is 0.357. The van der Waals surface area contributed by atoms with Gasteiger partial charge in [0, 0.05) is 38.1 Å². The monoisotopic (exact) mass is 430 g/mol. The zero-order valence-electron chi connectivity index (χ0n) is 18.6. The van der Waals surface area contributed by atoms with Gasteiger partial charge in [-0.15, -0.1) is 0 Å². The third-order valence-corrected chi connectivity index (χ3v) is 6.90. The molecule has 2 aliphatic heterocycles. The predicted molar refractivity (Wildman–Crippen MR) is 127 cm³/mol. The van der Waals surface area contributed by atoms with Crippen LogP contribution in [-0.4, -0.2) is 37.7 Å². The van der Waals surface area contributed by atoms with Gasteiger partial charge in [-0.3, -0.25) is 4.90 Å². The Bertz CT molecular complexity index is 1030. The van der Waals surface area contributed by atoms with Crippen molar-refractivity contribution in [1.82, 2.24) is 10.2 Å². The second kappa shape index (κ2) is 9.53. The SMILES string of the molecule is CC1COC(CC(c2ccc(F)cc2)N2CCNCC2)c2cc(-c3ccccc3)ccc21. The number of hydrogen-bond donors (Lipinski definition) is 1. The lowest BCUT2D eigenvalue weighted by Gasteiger charge is -2.39. The number of halogens is 1. The lowest BCUT2D eigenvalue weighted by molar-refractivity contribution is 0.00296. The molecule has 2 aliphatic rings. The molecule has 3 unspecified atom stereocenters. The Balaban J connectivity index is 1.49. The molecule has 0 spiro atoms. The molecule has 3 nitrogen and oxygen atoms in total. The van der Waals surface area contributed by atoms with Gasteiger partial charge in [0.25, 0.3) is 0 Å². The number of hydrogen-bond acceptors (Lipinski definition) is 3. The van der Waals surface area contributed by atoms with Crippen molar-refractivity contribution >= 4 is 0 Å². The Morgan fingerprint density at radius 1 is 0.938 bits per heavy atom. The number of nitrogens with one attached hydrogen (secondary N) is 1. The highest BCUT2D eigenvalue weighted by molar-refractivity contribution is 5.65. The van der Waals surface area contributed by atoms with Gasteiger partial charge in [-0.25, -0.2) is 4.39 Å². The smallest absolute Gasteiger partial charge is 0.123 e. The molecule has 3 aromatic carbocycles. The van der Waals surface area contributed by atoms with Crippen molar-refractivity contribution in [2.45, 2.75) is 31.4 Å². The van der Waals surface area contributed by atoms with Crippen molar-refractivity contribution < 1.29 is 9.13 Å². The number of piperazine rings is 1. The second-order valence-corrected chi connectivity index (χ2v) is 9.02. The Hall–Kier alpha value is -2.53. The third kappa shape index (κ3) is 4.49. The summed E-state index contributed by atoms with van der Waals surface area (Å²) < 4.78 is 20.1. The van der Waals surface area contributed by atoms with Crippen molar-refractivity contribution in [3.8, 4) is 11.1 Å². The van der Waals surface area contributed by atoms with Crippen LogP contribution in [0.15, 0.2) is 72.8 Å². The largest absolute Gasteiger partial charge is 0.373 e. The molecule has 3 aromatic rings. The molecular formula is C28H31FN2O. The first-order chi connectivity index (χ1) is 15.7. The second-order valence-electron chi connectivity index (χ2n) is 9.02. The van der Waals surface area contributed by atoms with Gasteiger partial charge in [-0.05, 0) is 52.4 Å². The molecule has 0 aliphatic carbocycles. The van der Waals surface area contributed by atoms with Gasteiger partial charge in [-0.1, -0.05) is 61.5 Å². The Morgan fingerprint density at radius 2 is 1.69 bits per heavy atom. The van der Waals surface area contributed by atoms with E-state index in [1.54, 1.807) is 12.1 Å². The summed E-state index contributed by atoms with van der Waals surface area (Å²) in [4.78, 5) is 2.52. The van der Waals surface area contributed by atoms with Gasteiger partial charge >= 0.3 is 0 Å². The average molecular weight is 431 g/mol. The fourth-order valence-electron chi connectivity index (χ4n) is 5.13. The van der Waals surface area contributed by atoms with Crippen molar-refractivity contribution in [1.29, 1.82) is 0 Å². The van der Waals surface area contributed by atoms with Crippen LogP contribution in [0.4, 0.5) is 4.39 Å². The van der Waals surface area contributed by atoms with E-state index < -0.39 is 0 Å². The normalized spacial score (nSPS) is 22.3. The molecule has 32 heavy (non-hydrogen) atoms. The molecule has 1 fully saturated rings. The van der Waals surface area contributed by atoms with E-state index in [-0.39, 0.29) is 18.0 Å². The Labute approximate surface area is 190 Å². The van der Waals surface area contributed by atoms with Crippen LogP contribution in [0, 0.1) is 5.82 Å². The molecule has 0 saturated carbocycles.